The van der Waals surface area contributed by atoms with E-state index >= 15 is 0 Å². The fourth-order valence-corrected chi connectivity index (χ4v) is 3.32. The van der Waals surface area contributed by atoms with Gasteiger partial charge in [-0.2, -0.15) is 0 Å². The Morgan fingerprint density at radius 2 is 2.03 bits per heavy atom. The molecule has 0 spiro atoms. The van der Waals surface area contributed by atoms with E-state index in [9.17, 15) is 14.7 Å². The molecule has 1 unspecified atom stereocenters. The fraction of sp³-hybridized carbons (Fsp3) is 0.217. The van der Waals surface area contributed by atoms with Gasteiger partial charge < -0.3 is 19.6 Å². The first-order chi connectivity index (χ1) is 15.9. The number of carbonyl (C=O) groups excluding carboxylic acids is 1. The summed E-state index contributed by atoms with van der Waals surface area (Å²) in [5.41, 5.74) is 2.39. The molecule has 0 radical (unpaired) electrons. The molecule has 4 aromatic heterocycles. The van der Waals surface area contributed by atoms with Gasteiger partial charge in [0.05, 0.1) is 12.6 Å². The van der Waals surface area contributed by atoms with E-state index in [1.807, 2.05) is 26.0 Å². The molecule has 0 aromatic carbocycles. The molecule has 0 fully saturated rings. The third-order valence-corrected chi connectivity index (χ3v) is 5.20. The fourth-order valence-electron chi connectivity index (χ4n) is 3.32. The van der Waals surface area contributed by atoms with E-state index in [-0.39, 0.29) is 24.0 Å². The summed E-state index contributed by atoms with van der Waals surface area (Å²) < 4.78 is 3.06. The summed E-state index contributed by atoms with van der Waals surface area (Å²) in [5.74, 6) is 0.137. The number of carbonyl (C=O) groups is 1. The number of aliphatic hydroxyl groups excluding tert-OH is 1. The zero-order valence-electron chi connectivity index (χ0n) is 18.4. The van der Waals surface area contributed by atoms with E-state index < -0.39 is 11.5 Å². The first kappa shape index (κ1) is 22.0. The van der Waals surface area contributed by atoms with Crippen LogP contribution in [0.25, 0.3) is 22.6 Å². The minimum atomic E-state index is -0.577. The lowest BCUT2D eigenvalue weighted by molar-refractivity contribution is 0.102. The highest BCUT2D eigenvalue weighted by atomic mass is 16.3. The van der Waals surface area contributed by atoms with Crippen LogP contribution in [0.5, 0.6) is 0 Å². The molecular weight excluding hydrogens is 422 g/mol. The molecule has 0 aliphatic rings. The number of hydrogen-bond donors (Lipinski definition) is 2. The van der Waals surface area contributed by atoms with Crippen molar-refractivity contribution in [3.05, 3.63) is 76.7 Å². The second-order valence-electron chi connectivity index (χ2n) is 7.70. The number of anilines is 1. The van der Waals surface area contributed by atoms with E-state index in [4.69, 9.17) is 0 Å². The lowest BCUT2D eigenvalue weighted by Gasteiger charge is -2.13. The molecule has 1 atom stereocenters. The van der Waals surface area contributed by atoms with Gasteiger partial charge in [-0.15, -0.1) is 10.2 Å². The highest BCUT2D eigenvalue weighted by Gasteiger charge is 2.17. The topological polar surface area (TPSA) is 128 Å². The van der Waals surface area contributed by atoms with Gasteiger partial charge >= 0.3 is 0 Å². The molecule has 0 aliphatic carbocycles. The van der Waals surface area contributed by atoms with Gasteiger partial charge in [0.25, 0.3) is 11.5 Å². The molecule has 0 aliphatic heterocycles. The van der Waals surface area contributed by atoms with E-state index in [2.05, 4.69) is 25.5 Å². The maximum atomic E-state index is 13.0. The van der Waals surface area contributed by atoms with Crippen LogP contribution >= 0.6 is 0 Å². The quantitative estimate of drug-likeness (QED) is 0.466. The Labute approximate surface area is 189 Å². The number of aromatic nitrogens is 6. The van der Waals surface area contributed by atoms with Crippen LogP contribution in [0.1, 0.15) is 29.0 Å². The van der Waals surface area contributed by atoms with Crippen molar-refractivity contribution >= 4 is 11.7 Å². The van der Waals surface area contributed by atoms with E-state index in [1.165, 1.54) is 10.9 Å². The number of hydrogen-bond acceptors (Lipinski definition) is 7. The minimum absolute atomic E-state index is 0.0140. The molecule has 4 heterocycles. The summed E-state index contributed by atoms with van der Waals surface area (Å²) in [6.45, 7) is 3.62. The summed E-state index contributed by atoms with van der Waals surface area (Å²) in [7, 11) is 1.60. The lowest BCUT2D eigenvalue weighted by Crippen LogP contribution is -2.27. The van der Waals surface area contributed by atoms with Crippen LogP contribution < -0.4 is 10.9 Å². The van der Waals surface area contributed by atoms with Crippen molar-refractivity contribution in [2.75, 3.05) is 11.9 Å². The van der Waals surface area contributed by atoms with Crippen molar-refractivity contribution in [2.45, 2.75) is 19.9 Å². The Bertz CT molecular complexity index is 1360. The predicted octanol–water partition coefficient (Wildman–Crippen LogP) is 2.21. The molecule has 10 nitrogen and oxygen atoms in total. The Hall–Kier alpha value is -4.18. The molecule has 0 saturated heterocycles. The molecular formula is C23H23N7O3. The predicted molar refractivity (Wildman–Crippen MR) is 123 cm³/mol. The number of nitrogens with one attached hydrogen (secondary N) is 1. The van der Waals surface area contributed by atoms with Crippen LogP contribution in [0.15, 0.2) is 59.9 Å². The van der Waals surface area contributed by atoms with Gasteiger partial charge in [0.2, 0.25) is 0 Å². The van der Waals surface area contributed by atoms with Crippen molar-refractivity contribution in [1.82, 2.24) is 29.3 Å². The SMILES string of the molecule is Cc1ccc(-c2cc(C(=O)Nc3cccc(-c4nncn4C(C)CO)n3)c(=O)n(C)c2)cn1. The smallest absolute Gasteiger partial charge is 0.263 e. The zero-order chi connectivity index (χ0) is 23.5. The molecule has 33 heavy (non-hydrogen) atoms. The normalized spacial score (nSPS) is 11.9. The summed E-state index contributed by atoms with van der Waals surface area (Å²) in [6, 6.07) is 10.1. The highest BCUT2D eigenvalue weighted by Crippen LogP contribution is 2.21. The monoisotopic (exact) mass is 445 g/mol. The standard InChI is InChI=1S/C23H23N7O3/c1-14-7-8-16(10-24-14)17-9-18(23(33)29(3)11-17)22(32)27-20-6-4-5-19(26-20)21-28-25-13-30(21)15(2)12-31/h4-11,13,15,31H,12H2,1-3H3,(H,26,27,32). The lowest BCUT2D eigenvalue weighted by atomic mass is 10.1. The van der Waals surface area contributed by atoms with Crippen LogP contribution in [-0.2, 0) is 7.05 Å². The van der Waals surface area contributed by atoms with Gasteiger partial charge in [-0.05, 0) is 38.1 Å². The van der Waals surface area contributed by atoms with Gasteiger partial charge in [-0.1, -0.05) is 12.1 Å². The van der Waals surface area contributed by atoms with Gasteiger partial charge in [0, 0.05) is 36.3 Å². The van der Waals surface area contributed by atoms with E-state index in [1.54, 1.807) is 48.3 Å². The average molecular weight is 445 g/mol. The summed E-state index contributed by atoms with van der Waals surface area (Å²) in [6.07, 6.45) is 4.88. The number of amides is 1. The molecule has 1 amide bonds. The van der Waals surface area contributed by atoms with Crippen LogP contribution in [-0.4, -0.2) is 46.9 Å². The van der Waals surface area contributed by atoms with Gasteiger partial charge in [0.15, 0.2) is 5.82 Å². The number of aliphatic hydroxyl groups is 1. The van der Waals surface area contributed by atoms with Crippen LogP contribution in [0, 0.1) is 6.92 Å². The number of pyridine rings is 3. The highest BCUT2D eigenvalue weighted by molar-refractivity contribution is 6.04. The van der Waals surface area contributed by atoms with Crippen molar-refractivity contribution in [3.8, 4) is 22.6 Å². The minimum Gasteiger partial charge on any atom is -0.394 e. The van der Waals surface area contributed by atoms with E-state index in [0.717, 1.165) is 11.3 Å². The summed E-state index contributed by atoms with van der Waals surface area (Å²) in [5, 5.41) is 20.1. The zero-order valence-corrected chi connectivity index (χ0v) is 18.4. The molecule has 2 N–H and O–H groups in total. The van der Waals surface area contributed by atoms with Crippen molar-refractivity contribution < 1.29 is 9.90 Å². The molecule has 0 saturated carbocycles. The molecule has 168 valence electrons. The van der Waals surface area contributed by atoms with Crippen molar-refractivity contribution in [1.29, 1.82) is 0 Å². The second kappa shape index (κ2) is 9.13. The molecule has 10 heteroatoms. The first-order valence-corrected chi connectivity index (χ1v) is 10.3. The van der Waals surface area contributed by atoms with Crippen molar-refractivity contribution in [3.63, 3.8) is 0 Å². The van der Waals surface area contributed by atoms with Crippen molar-refractivity contribution in [2.24, 2.45) is 7.05 Å². The van der Waals surface area contributed by atoms with E-state index in [0.29, 0.717) is 17.1 Å². The molecule has 4 aromatic rings. The number of nitrogens with zero attached hydrogens (tertiary/aromatic N) is 6. The van der Waals surface area contributed by atoms with Gasteiger partial charge in [0.1, 0.15) is 23.4 Å². The summed E-state index contributed by atoms with van der Waals surface area (Å²) >= 11 is 0. The third-order valence-electron chi connectivity index (χ3n) is 5.20. The van der Waals surface area contributed by atoms with Crippen LogP contribution in [0.2, 0.25) is 0 Å². The van der Waals surface area contributed by atoms with Gasteiger partial charge in [-0.25, -0.2) is 4.98 Å². The number of rotatable bonds is 6. The Morgan fingerprint density at radius 3 is 2.76 bits per heavy atom. The Balaban J connectivity index is 1.64. The number of aryl methyl sites for hydroxylation is 2. The third kappa shape index (κ3) is 4.55. The van der Waals surface area contributed by atoms with Gasteiger partial charge in [-0.3, -0.25) is 14.6 Å². The second-order valence-corrected chi connectivity index (χ2v) is 7.70. The molecule has 0 bridgehead atoms. The average Bonchev–Trinajstić information content (AvgIpc) is 3.31. The maximum Gasteiger partial charge on any atom is 0.263 e. The first-order valence-electron chi connectivity index (χ1n) is 10.3. The Kier molecular flexibility index (Phi) is 6.09. The largest absolute Gasteiger partial charge is 0.394 e. The Morgan fingerprint density at radius 1 is 1.21 bits per heavy atom. The van der Waals surface area contributed by atoms with Crippen LogP contribution in [0.4, 0.5) is 5.82 Å². The summed E-state index contributed by atoms with van der Waals surface area (Å²) in [4.78, 5) is 34.4. The molecule has 4 rings (SSSR count). The maximum absolute atomic E-state index is 13.0. The van der Waals surface area contributed by atoms with Crippen LogP contribution in [0.3, 0.4) is 0 Å².